The van der Waals surface area contributed by atoms with Crippen LogP contribution in [0.5, 0.6) is 0 Å². The number of amides is 1. The van der Waals surface area contributed by atoms with Crippen LogP contribution in [0.1, 0.15) is 19.3 Å². The van der Waals surface area contributed by atoms with Gasteiger partial charge in [-0.3, -0.25) is 9.59 Å². The fourth-order valence-electron chi connectivity index (χ4n) is 4.02. The van der Waals surface area contributed by atoms with E-state index in [2.05, 4.69) is 10.3 Å². The van der Waals surface area contributed by atoms with Crippen LogP contribution in [0.25, 0.3) is 28.1 Å². The van der Waals surface area contributed by atoms with Crippen molar-refractivity contribution in [3.8, 4) is 17.2 Å². The molecule has 0 saturated heterocycles. The Labute approximate surface area is 212 Å². The molecule has 7 nitrogen and oxygen atoms in total. The lowest BCUT2D eigenvalue weighted by Gasteiger charge is -2.27. The number of likely N-dealkylation sites (N-methyl/N-ethyl adjacent to an activating group) is 1. The van der Waals surface area contributed by atoms with Gasteiger partial charge in [-0.25, -0.2) is 14.5 Å². The molecule has 2 heterocycles. The van der Waals surface area contributed by atoms with Crippen LogP contribution in [0.4, 0.5) is 5.69 Å². The highest BCUT2D eigenvalue weighted by Crippen LogP contribution is 2.26. The van der Waals surface area contributed by atoms with Crippen LogP contribution in [0.3, 0.4) is 0 Å². The Morgan fingerprint density at radius 3 is 2.51 bits per heavy atom. The highest BCUT2D eigenvalue weighted by molar-refractivity contribution is 6.31. The normalized spacial score (nSPS) is 13.6. The summed E-state index contributed by atoms with van der Waals surface area (Å²) >= 11 is 12.3. The van der Waals surface area contributed by atoms with Gasteiger partial charge in [-0.15, -0.1) is 0 Å². The van der Waals surface area contributed by atoms with Crippen LogP contribution >= 0.6 is 23.2 Å². The Kier molecular flexibility index (Phi) is 6.56. The summed E-state index contributed by atoms with van der Waals surface area (Å²) in [6.07, 6.45) is 5.01. The number of halogens is 2. The van der Waals surface area contributed by atoms with Crippen LogP contribution in [-0.4, -0.2) is 40.1 Å². The SMILES string of the molecule is CN(C(=O)CNC1CCC1)c1ccc(-c2nc3ccc(Cl)cc3c(=O)n2-c2cc(Cl)ccn2)cc1. The molecule has 5 rings (SSSR count). The van der Waals surface area contributed by atoms with Gasteiger partial charge in [0.15, 0.2) is 0 Å². The second-order valence-electron chi connectivity index (χ2n) is 8.58. The zero-order valence-corrected chi connectivity index (χ0v) is 20.6. The fraction of sp³-hybridized carbons (Fsp3) is 0.231. The first-order valence-corrected chi connectivity index (χ1v) is 12.1. The maximum atomic E-state index is 13.5. The van der Waals surface area contributed by atoms with Crippen molar-refractivity contribution >= 4 is 45.7 Å². The first-order chi connectivity index (χ1) is 16.9. The third-order valence-corrected chi connectivity index (χ3v) is 6.77. The van der Waals surface area contributed by atoms with Crippen molar-refractivity contribution in [3.05, 3.63) is 81.2 Å². The number of pyridine rings is 1. The molecule has 0 radical (unpaired) electrons. The number of benzene rings is 2. The minimum atomic E-state index is -0.305. The highest BCUT2D eigenvalue weighted by Gasteiger charge is 2.20. The number of nitrogens with zero attached hydrogens (tertiary/aromatic N) is 4. The molecule has 1 saturated carbocycles. The second kappa shape index (κ2) is 9.77. The van der Waals surface area contributed by atoms with Gasteiger partial charge in [0.25, 0.3) is 5.56 Å². The summed E-state index contributed by atoms with van der Waals surface area (Å²) in [6, 6.07) is 16.1. The van der Waals surface area contributed by atoms with E-state index in [4.69, 9.17) is 28.2 Å². The first-order valence-electron chi connectivity index (χ1n) is 11.4. The van der Waals surface area contributed by atoms with E-state index in [1.807, 2.05) is 24.3 Å². The topological polar surface area (TPSA) is 80.1 Å². The van der Waals surface area contributed by atoms with E-state index < -0.39 is 0 Å². The van der Waals surface area contributed by atoms with E-state index in [0.717, 1.165) is 18.5 Å². The molecule has 0 bridgehead atoms. The van der Waals surface area contributed by atoms with Gasteiger partial charge in [-0.05, 0) is 61.4 Å². The van der Waals surface area contributed by atoms with Gasteiger partial charge in [0.1, 0.15) is 11.6 Å². The van der Waals surface area contributed by atoms with Crippen LogP contribution in [0, 0.1) is 0 Å². The maximum absolute atomic E-state index is 13.5. The molecule has 2 aromatic carbocycles. The van der Waals surface area contributed by atoms with Gasteiger partial charge in [-0.1, -0.05) is 29.6 Å². The van der Waals surface area contributed by atoms with Crippen molar-refractivity contribution < 1.29 is 4.79 Å². The van der Waals surface area contributed by atoms with Crippen molar-refractivity contribution in [2.24, 2.45) is 0 Å². The Balaban J connectivity index is 1.53. The predicted molar refractivity (Wildman–Crippen MR) is 140 cm³/mol. The summed E-state index contributed by atoms with van der Waals surface area (Å²) < 4.78 is 1.43. The van der Waals surface area contributed by atoms with Crippen LogP contribution in [0.2, 0.25) is 10.0 Å². The molecule has 0 spiro atoms. The molecule has 1 fully saturated rings. The molecular formula is C26H23Cl2N5O2. The summed E-state index contributed by atoms with van der Waals surface area (Å²) in [5.74, 6) is 0.752. The van der Waals surface area contributed by atoms with Crippen LogP contribution in [0.15, 0.2) is 65.6 Å². The number of anilines is 1. The molecule has 0 aliphatic heterocycles. The van der Waals surface area contributed by atoms with E-state index >= 15 is 0 Å². The molecule has 1 aliphatic rings. The molecule has 1 N–H and O–H groups in total. The van der Waals surface area contributed by atoms with Gasteiger partial charge < -0.3 is 10.2 Å². The maximum Gasteiger partial charge on any atom is 0.267 e. The monoisotopic (exact) mass is 507 g/mol. The molecule has 1 aliphatic carbocycles. The van der Waals surface area contributed by atoms with Gasteiger partial charge in [0.05, 0.1) is 17.4 Å². The van der Waals surface area contributed by atoms with E-state index in [1.54, 1.807) is 42.3 Å². The number of hydrogen-bond acceptors (Lipinski definition) is 5. The van der Waals surface area contributed by atoms with Gasteiger partial charge >= 0.3 is 0 Å². The first kappa shape index (κ1) is 23.5. The Morgan fingerprint density at radius 2 is 1.83 bits per heavy atom. The summed E-state index contributed by atoms with van der Waals surface area (Å²) in [4.78, 5) is 36.9. The number of carbonyl (C=O) groups excluding carboxylic acids is 1. The third-order valence-electron chi connectivity index (χ3n) is 6.30. The van der Waals surface area contributed by atoms with Crippen molar-refractivity contribution in [1.29, 1.82) is 0 Å². The molecular weight excluding hydrogens is 485 g/mol. The summed E-state index contributed by atoms with van der Waals surface area (Å²) in [5.41, 5.74) is 1.65. The third kappa shape index (κ3) is 4.80. The number of aromatic nitrogens is 3. The zero-order valence-electron chi connectivity index (χ0n) is 19.0. The summed E-state index contributed by atoms with van der Waals surface area (Å²) in [5, 5.41) is 4.57. The minimum absolute atomic E-state index is 0.00889. The summed E-state index contributed by atoms with van der Waals surface area (Å²) in [6.45, 7) is 0.303. The lowest BCUT2D eigenvalue weighted by molar-refractivity contribution is -0.117. The number of rotatable bonds is 6. The van der Waals surface area contributed by atoms with Crippen molar-refractivity contribution in [2.75, 3.05) is 18.5 Å². The molecule has 2 aromatic heterocycles. The van der Waals surface area contributed by atoms with E-state index in [0.29, 0.717) is 50.7 Å². The quantitative estimate of drug-likeness (QED) is 0.403. The van der Waals surface area contributed by atoms with Crippen molar-refractivity contribution in [2.45, 2.75) is 25.3 Å². The summed E-state index contributed by atoms with van der Waals surface area (Å²) in [7, 11) is 1.75. The van der Waals surface area contributed by atoms with Gasteiger partial charge in [-0.2, -0.15) is 0 Å². The Bertz CT molecular complexity index is 1470. The fourth-order valence-corrected chi connectivity index (χ4v) is 4.35. The second-order valence-corrected chi connectivity index (χ2v) is 9.45. The lowest BCUT2D eigenvalue weighted by atomic mass is 9.93. The van der Waals surface area contributed by atoms with Crippen LogP contribution in [-0.2, 0) is 4.79 Å². The smallest absolute Gasteiger partial charge is 0.267 e. The highest BCUT2D eigenvalue weighted by atomic mass is 35.5. The lowest BCUT2D eigenvalue weighted by Crippen LogP contribution is -2.42. The van der Waals surface area contributed by atoms with Crippen molar-refractivity contribution in [3.63, 3.8) is 0 Å². The Hall–Kier alpha value is -3.26. The molecule has 9 heteroatoms. The zero-order chi connectivity index (χ0) is 24.5. The van der Waals surface area contributed by atoms with E-state index in [1.165, 1.54) is 17.2 Å². The molecule has 35 heavy (non-hydrogen) atoms. The average Bonchev–Trinajstić information content (AvgIpc) is 2.83. The number of carbonyl (C=O) groups is 1. The standard InChI is InChI=1S/C26H23Cl2N5O2/c1-32(24(34)15-30-19-3-2-4-19)20-8-5-16(6-9-20)25-31-22-10-7-17(27)13-21(22)26(35)33(25)23-14-18(28)11-12-29-23/h5-14,19,30H,2-4,15H2,1H3. The van der Waals surface area contributed by atoms with Gasteiger partial charge in [0, 0.05) is 46.6 Å². The molecule has 1 amide bonds. The molecule has 0 atom stereocenters. The average molecular weight is 508 g/mol. The molecule has 4 aromatic rings. The number of fused-ring (bicyclic) bond motifs is 1. The van der Waals surface area contributed by atoms with Crippen LogP contribution < -0.4 is 15.8 Å². The molecule has 0 unspecified atom stereocenters. The van der Waals surface area contributed by atoms with E-state index in [9.17, 15) is 9.59 Å². The van der Waals surface area contributed by atoms with Gasteiger partial charge in [0.2, 0.25) is 5.91 Å². The van der Waals surface area contributed by atoms with E-state index in [-0.39, 0.29) is 11.5 Å². The molecule has 178 valence electrons. The minimum Gasteiger partial charge on any atom is -0.314 e. The van der Waals surface area contributed by atoms with Crippen molar-refractivity contribution in [1.82, 2.24) is 19.9 Å². The number of hydrogen-bond donors (Lipinski definition) is 1. The predicted octanol–water partition coefficient (Wildman–Crippen LogP) is 4.86. The largest absolute Gasteiger partial charge is 0.314 e. The Morgan fingerprint density at radius 1 is 1.09 bits per heavy atom. The number of nitrogens with one attached hydrogen (secondary N) is 1.